The van der Waals surface area contributed by atoms with Crippen LogP contribution in [-0.2, 0) is 11.3 Å². The van der Waals surface area contributed by atoms with Gasteiger partial charge in [0.05, 0.1) is 16.5 Å². The van der Waals surface area contributed by atoms with E-state index in [2.05, 4.69) is 26.8 Å². The number of nitrogens with one attached hydrogen (secondary N) is 1. The van der Waals surface area contributed by atoms with Crippen LogP contribution in [-0.4, -0.2) is 61.0 Å². The van der Waals surface area contributed by atoms with E-state index in [4.69, 9.17) is 4.98 Å². The molecule has 5 heterocycles. The summed E-state index contributed by atoms with van der Waals surface area (Å²) in [6.07, 6.45) is 3.70. The lowest BCUT2D eigenvalue weighted by Crippen LogP contribution is -2.54. The van der Waals surface area contributed by atoms with Crippen LogP contribution in [0.3, 0.4) is 0 Å². The van der Waals surface area contributed by atoms with Crippen molar-refractivity contribution in [3.8, 4) is 11.5 Å². The van der Waals surface area contributed by atoms with Crippen molar-refractivity contribution in [1.29, 1.82) is 0 Å². The number of imidazole rings is 1. The molecule has 0 saturated carbocycles. The molecule has 1 atom stereocenters. The molecule has 166 valence electrons. The lowest BCUT2D eigenvalue weighted by Gasteiger charge is -2.40. The predicted molar refractivity (Wildman–Crippen MR) is 130 cm³/mol. The second-order valence-corrected chi connectivity index (χ2v) is 9.18. The van der Waals surface area contributed by atoms with Gasteiger partial charge in [-0.05, 0) is 37.3 Å². The summed E-state index contributed by atoms with van der Waals surface area (Å²) in [5.41, 5.74) is 5.51. The maximum atomic E-state index is 13.1. The van der Waals surface area contributed by atoms with Crippen LogP contribution >= 0.6 is 11.3 Å². The highest BCUT2D eigenvalue weighted by atomic mass is 32.1. The maximum absolute atomic E-state index is 13.1. The molecule has 5 aromatic rings. The monoisotopic (exact) mass is 457 g/mol. The Morgan fingerprint density at radius 3 is 2.94 bits per heavy atom. The average Bonchev–Trinajstić information content (AvgIpc) is 3.57. The highest BCUT2D eigenvalue weighted by molar-refractivity contribution is 7.14. The van der Waals surface area contributed by atoms with Crippen LogP contribution in [0.5, 0.6) is 0 Å². The Labute approximate surface area is 194 Å². The van der Waals surface area contributed by atoms with Crippen molar-refractivity contribution in [2.45, 2.75) is 19.5 Å². The average molecular weight is 458 g/mol. The van der Waals surface area contributed by atoms with Gasteiger partial charge in [0.15, 0.2) is 5.82 Å². The van der Waals surface area contributed by atoms with Gasteiger partial charge >= 0.3 is 0 Å². The summed E-state index contributed by atoms with van der Waals surface area (Å²) in [4.78, 5) is 34.6. The largest absolute Gasteiger partial charge is 0.358 e. The Bertz CT molecular complexity index is 1420. The van der Waals surface area contributed by atoms with Gasteiger partial charge in [-0.15, -0.1) is 11.3 Å². The number of anilines is 1. The number of benzene rings is 1. The molecule has 6 rings (SSSR count). The molecular formula is C24H23N7OS. The summed E-state index contributed by atoms with van der Waals surface area (Å²) in [5, 5.41) is 2.14. The second kappa shape index (κ2) is 8.00. The minimum Gasteiger partial charge on any atom is -0.358 e. The molecule has 1 aliphatic rings. The first-order chi connectivity index (χ1) is 16.2. The number of aromatic nitrogens is 5. The van der Waals surface area contributed by atoms with Crippen LogP contribution < -0.4 is 4.90 Å². The smallest absolute Gasteiger partial charge is 0.242 e. The summed E-state index contributed by atoms with van der Waals surface area (Å²) in [6.45, 7) is 4.60. The molecule has 0 aliphatic carbocycles. The molecule has 33 heavy (non-hydrogen) atoms. The quantitative estimate of drug-likeness (QED) is 0.444. The van der Waals surface area contributed by atoms with Crippen LogP contribution in [0.15, 0.2) is 60.4 Å². The van der Waals surface area contributed by atoms with E-state index in [0.717, 1.165) is 51.7 Å². The standard InChI is InChI=1S/C24H23N7OS/c1-16-13-30(24-21(26-15-33-24)22-27-18-6-2-3-7-19(18)28-22)11-12-31(16)20(32)14-29-10-8-17-5-4-9-25-23(17)29/h2-10,15-16H,11-14H2,1H3,(H,27,28)/t16-/m0/s1. The van der Waals surface area contributed by atoms with Crippen molar-refractivity contribution in [1.82, 2.24) is 29.4 Å². The van der Waals surface area contributed by atoms with Crippen LogP contribution in [0, 0.1) is 0 Å². The number of carbonyl (C=O) groups excluding carboxylic acids is 1. The van der Waals surface area contributed by atoms with Crippen molar-refractivity contribution in [3.05, 3.63) is 60.4 Å². The molecule has 1 aromatic carbocycles. The number of H-pyrrole nitrogens is 1. The second-order valence-electron chi connectivity index (χ2n) is 8.35. The summed E-state index contributed by atoms with van der Waals surface area (Å²) in [6, 6.07) is 14.0. The fraction of sp³-hybridized carbons (Fsp3) is 0.250. The van der Waals surface area contributed by atoms with Crippen LogP contribution in [0.1, 0.15) is 6.92 Å². The number of pyridine rings is 1. The zero-order chi connectivity index (χ0) is 22.4. The molecule has 0 unspecified atom stereocenters. The first kappa shape index (κ1) is 19.9. The summed E-state index contributed by atoms with van der Waals surface area (Å²) in [5.74, 6) is 0.901. The van der Waals surface area contributed by atoms with Gasteiger partial charge in [0.25, 0.3) is 0 Å². The molecule has 1 fully saturated rings. The Kier molecular flexibility index (Phi) is 4.83. The maximum Gasteiger partial charge on any atom is 0.242 e. The van der Waals surface area contributed by atoms with Crippen molar-refractivity contribution >= 4 is 44.3 Å². The zero-order valence-corrected chi connectivity index (χ0v) is 19.0. The molecule has 0 spiro atoms. The van der Waals surface area contributed by atoms with E-state index in [1.54, 1.807) is 17.5 Å². The van der Waals surface area contributed by atoms with E-state index in [1.807, 2.05) is 63.6 Å². The van der Waals surface area contributed by atoms with Gasteiger partial charge in [-0.25, -0.2) is 15.0 Å². The van der Waals surface area contributed by atoms with Gasteiger partial charge < -0.3 is 19.4 Å². The van der Waals surface area contributed by atoms with Crippen LogP contribution in [0.25, 0.3) is 33.6 Å². The minimum atomic E-state index is 0.0895. The minimum absolute atomic E-state index is 0.0895. The lowest BCUT2D eigenvalue weighted by atomic mass is 10.2. The molecule has 0 radical (unpaired) electrons. The number of hydrogen-bond acceptors (Lipinski definition) is 6. The molecule has 1 aliphatic heterocycles. The highest BCUT2D eigenvalue weighted by Crippen LogP contribution is 2.34. The molecule has 9 heteroatoms. The topological polar surface area (TPSA) is 82.9 Å². The van der Waals surface area contributed by atoms with Gasteiger partial charge in [-0.3, -0.25) is 4.79 Å². The molecule has 0 bridgehead atoms. The van der Waals surface area contributed by atoms with Crippen molar-refractivity contribution < 1.29 is 4.79 Å². The number of piperazine rings is 1. The fourth-order valence-electron chi connectivity index (χ4n) is 4.59. The van der Waals surface area contributed by atoms with Gasteiger partial charge in [0.1, 0.15) is 22.9 Å². The number of nitrogens with zero attached hydrogens (tertiary/aromatic N) is 6. The number of fused-ring (bicyclic) bond motifs is 2. The van der Waals surface area contributed by atoms with Gasteiger partial charge in [-0.2, -0.15) is 0 Å². The Morgan fingerprint density at radius 2 is 2.06 bits per heavy atom. The Balaban J connectivity index is 1.19. The van der Waals surface area contributed by atoms with E-state index in [0.29, 0.717) is 13.1 Å². The van der Waals surface area contributed by atoms with Crippen LogP contribution in [0.4, 0.5) is 5.00 Å². The summed E-state index contributed by atoms with van der Waals surface area (Å²) < 4.78 is 1.93. The number of para-hydroxylation sites is 2. The van der Waals surface area contributed by atoms with E-state index in [-0.39, 0.29) is 11.9 Å². The third-order valence-electron chi connectivity index (χ3n) is 6.23. The molecule has 1 amide bonds. The van der Waals surface area contributed by atoms with Gasteiger partial charge in [-0.1, -0.05) is 12.1 Å². The van der Waals surface area contributed by atoms with Gasteiger partial charge in [0.2, 0.25) is 5.91 Å². The number of rotatable bonds is 4. The van der Waals surface area contributed by atoms with E-state index >= 15 is 0 Å². The van der Waals surface area contributed by atoms with Crippen LogP contribution in [0.2, 0.25) is 0 Å². The highest BCUT2D eigenvalue weighted by Gasteiger charge is 2.30. The third-order valence-corrected chi connectivity index (χ3v) is 7.11. The SMILES string of the molecule is C[C@H]1CN(c2scnc2-c2nc3ccccc3[nH]2)CCN1C(=O)Cn1ccc2cccnc21. The molecule has 1 N–H and O–H groups in total. The molecule has 1 saturated heterocycles. The van der Waals surface area contributed by atoms with Gasteiger partial charge in [0, 0.05) is 43.5 Å². The third kappa shape index (κ3) is 3.54. The van der Waals surface area contributed by atoms with Crippen molar-refractivity contribution in [3.63, 3.8) is 0 Å². The number of amides is 1. The molecule has 4 aromatic heterocycles. The zero-order valence-electron chi connectivity index (χ0n) is 18.2. The summed E-state index contributed by atoms with van der Waals surface area (Å²) in [7, 11) is 0. The number of carbonyl (C=O) groups is 1. The number of thiazole rings is 1. The van der Waals surface area contributed by atoms with E-state index < -0.39 is 0 Å². The molecular weight excluding hydrogens is 434 g/mol. The van der Waals surface area contributed by atoms with Crippen molar-refractivity contribution in [2.75, 3.05) is 24.5 Å². The normalized spacial score (nSPS) is 16.7. The Hall–Kier alpha value is -3.72. The fourth-order valence-corrected chi connectivity index (χ4v) is 5.42. The van der Waals surface area contributed by atoms with Crippen molar-refractivity contribution in [2.24, 2.45) is 0 Å². The van der Waals surface area contributed by atoms with E-state index in [1.165, 1.54) is 0 Å². The number of hydrogen-bond donors (Lipinski definition) is 1. The number of aromatic amines is 1. The molecule has 8 nitrogen and oxygen atoms in total. The first-order valence-electron chi connectivity index (χ1n) is 11.0. The Morgan fingerprint density at radius 1 is 1.15 bits per heavy atom. The lowest BCUT2D eigenvalue weighted by molar-refractivity contribution is -0.134. The first-order valence-corrected chi connectivity index (χ1v) is 11.9. The predicted octanol–water partition coefficient (Wildman–Crippen LogP) is 3.77. The van der Waals surface area contributed by atoms with E-state index in [9.17, 15) is 4.79 Å². The summed E-state index contributed by atoms with van der Waals surface area (Å²) >= 11 is 1.62.